The third kappa shape index (κ3) is 4.21. The van der Waals surface area contributed by atoms with Gasteiger partial charge in [0.15, 0.2) is 0 Å². The molecule has 0 aliphatic heterocycles. The Hall–Kier alpha value is -1.18. The van der Waals surface area contributed by atoms with Crippen molar-refractivity contribution in [1.29, 1.82) is 0 Å². The summed E-state index contributed by atoms with van der Waals surface area (Å²) in [5.41, 5.74) is 7.46. The summed E-state index contributed by atoms with van der Waals surface area (Å²) in [7, 11) is 0. The topological polar surface area (TPSA) is 34.1 Å². The van der Waals surface area contributed by atoms with Gasteiger partial charge in [-0.25, -0.2) is 0 Å². The fourth-order valence-corrected chi connectivity index (χ4v) is 8.34. The van der Waals surface area contributed by atoms with E-state index in [4.69, 9.17) is 0 Å². The zero-order valence-electron chi connectivity index (χ0n) is 22.2. The average Bonchev–Trinajstić information content (AvgIpc) is 3.12. The van der Waals surface area contributed by atoms with Gasteiger partial charge in [0.05, 0.1) is 0 Å². The fraction of sp³-hybridized carbons (Fsp3) is 0.800. The lowest BCUT2D eigenvalue weighted by atomic mass is 9.72. The van der Waals surface area contributed by atoms with Crippen LogP contribution in [0.1, 0.15) is 120 Å². The highest BCUT2D eigenvalue weighted by Gasteiger charge is 2.49. The standard InChI is InChI=1S/2C15H24O/c1-5-15(4)10-14(2,3)13-11(9-16)7-6-8-12(13)15;1-5-15(4)10-14(2,3)12-8-6-7-11(9-16)13(12)15/h2*9,11H,5-8,10H2,1-4H3. The Balaban J connectivity index is 0.000000181. The van der Waals surface area contributed by atoms with Crippen LogP contribution in [0.5, 0.6) is 0 Å². The van der Waals surface area contributed by atoms with Crippen molar-refractivity contribution in [3.05, 3.63) is 22.3 Å². The molecule has 0 fully saturated rings. The summed E-state index contributed by atoms with van der Waals surface area (Å²) in [6.45, 7) is 18.7. The van der Waals surface area contributed by atoms with Crippen molar-refractivity contribution in [2.24, 2.45) is 33.5 Å². The number of rotatable bonds is 4. The van der Waals surface area contributed by atoms with Crippen LogP contribution < -0.4 is 0 Å². The number of carbonyl (C=O) groups excluding carboxylic acids is 2. The van der Waals surface area contributed by atoms with E-state index in [1.165, 1.54) is 75.1 Å². The molecular formula is C30H48O2. The van der Waals surface area contributed by atoms with E-state index in [0.29, 0.717) is 10.8 Å². The van der Waals surface area contributed by atoms with Crippen LogP contribution in [0.4, 0.5) is 0 Å². The van der Waals surface area contributed by atoms with E-state index in [2.05, 4.69) is 55.4 Å². The maximum Gasteiger partial charge on any atom is 0.127 e. The van der Waals surface area contributed by atoms with E-state index in [1.807, 2.05) is 0 Å². The van der Waals surface area contributed by atoms with Crippen LogP contribution >= 0.6 is 0 Å². The third-order valence-corrected chi connectivity index (χ3v) is 9.75. The molecule has 0 N–H and O–H groups in total. The normalized spacial score (nSPS) is 37.4. The van der Waals surface area contributed by atoms with Gasteiger partial charge < -0.3 is 9.59 Å². The van der Waals surface area contributed by atoms with Gasteiger partial charge in [-0.15, -0.1) is 0 Å². The van der Waals surface area contributed by atoms with Crippen LogP contribution in [0, 0.1) is 33.5 Å². The van der Waals surface area contributed by atoms with Gasteiger partial charge in [0.2, 0.25) is 0 Å². The van der Waals surface area contributed by atoms with E-state index >= 15 is 0 Å². The average molecular weight is 441 g/mol. The molecule has 0 heterocycles. The SMILES string of the molecule is CCC1(C)CC(C)(C)C2=C1C(C=O)CCC2.CCC1(C)CC(C)(C)C2=C1CCCC2C=O. The molecule has 2 nitrogen and oxygen atoms in total. The molecule has 4 aliphatic rings. The Morgan fingerprint density at radius 3 is 1.66 bits per heavy atom. The monoisotopic (exact) mass is 440 g/mol. The summed E-state index contributed by atoms with van der Waals surface area (Å²) >= 11 is 0. The van der Waals surface area contributed by atoms with Gasteiger partial charge in [0.1, 0.15) is 12.6 Å². The lowest BCUT2D eigenvalue weighted by molar-refractivity contribution is -0.111. The van der Waals surface area contributed by atoms with Crippen molar-refractivity contribution in [3.63, 3.8) is 0 Å². The van der Waals surface area contributed by atoms with E-state index in [1.54, 1.807) is 11.1 Å². The highest BCUT2D eigenvalue weighted by atomic mass is 16.1. The molecule has 0 amide bonds. The van der Waals surface area contributed by atoms with Crippen molar-refractivity contribution in [1.82, 2.24) is 0 Å². The Bertz CT molecular complexity index is 811. The molecule has 0 radical (unpaired) electrons. The Labute approximate surface area is 197 Å². The molecule has 4 rings (SSSR count). The molecule has 0 saturated heterocycles. The van der Waals surface area contributed by atoms with Crippen molar-refractivity contribution >= 4 is 12.6 Å². The van der Waals surface area contributed by atoms with Crippen LogP contribution in [0.25, 0.3) is 0 Å². The lowest BCUT2D eigenvalue weighted by Gasteiger charge is -2.32. The molecule has 0 aromatic carbocycles. The summed E-state index contributed by atoms with van der Waals surface area (Å²) in [6, 6.07) is 0. The molecule has 32 heavy (non-hydrogen) atoms. The first-order chi connectivity index (χ1) is 14.9. The van der Waals surface area contributed by atoms with Crippen LogP contribution in [0.15, 0.2) is 22.3 Å². The van der Waals surface area contributed by atoms with Gasteiger partial charge in [-0.1, -0.05) is 77.7 Å². The number of aldehydes is 2. The molecule has 4 atom stereocenters. The fourth-order valence-electron chi connectivity index (χ4n) is 8.34. The Kier molecular flexibility index (Phi) is 7.06. The predicted octanol–water partition coefficient (Wildman–Crippen LogP) is 8.26. The molecule has 0 aromatic heterocycles. The van der Waals surface area contributed by atoms with Crippen LogP contribution in [-0.4, -0.2) is 12.6 Å². The molecule has 0 spiro atoms. The highest BCUT2D eigenvalue weighted by Crippen LogP contribution is 2.61. The van der Waals surface area contributed by atoms with Crippen LogP contribution in [0.3, 0.4) is 0 Å². The van der Waals surface area contributed by atoms with Crippen molar-refractivity contribution in [3.8, 4) is 0 Å². The van der Waals surface area contributed by atoms with Crippen LogP contribution in [-0.2, 0) is 9.59 Å². The maximum absolute atomic E-state index is 11.3. The third-order valence-electron chi connectivity index (χ3n) is 9.75. The van der Waals surface area contributed by atoms with E-state index in [0.717, 1.165) is 12.8 Å². The molecule has 0 saturated carbocycles. The zero-order chi connectivity index (χ0) is 23.9. The quantitative estimate of drug-likeness (QED) is 0.326. The Morgan fingerprint density at radius 2 is 1.16 bits per heavy atom. The van der Waals surface area contributed by atoms with Gasteiger partial charge in [0, 0.05) is 11.8 Å². The van der Waals surface area contributed by atoms with E-state index in [-0.39, 0.29) is 22.7 Å². The molecule has 4 aliphatic carbocycles. The molecule has 0 bridgehead atoms. The molecular weight excluding hydrogens is 392 g/mol. The number of hydrogen-bond acceptors (Lipinski definition) is 2. The summed E-state index contributed by atoms with van der Waals surface area (Å²) in [5.74, 6) is 0.433. The summed E-state index contributed by atoms with van der Waals surface area (Å²) in [4.78, 5) is 22.5. The summed E-state index contributed by atoms with van der Waals surface area (Å²) in [6.07, 6.45) is 14.2. The number of carbonyl (C=O) groups is 2. The largest absolute Gasteiger partial charge is 0.303 e. The van der Waals surface area contributed by atoms with Crippen molar-refractivity contribution < 1.29 is 9.59 Å². The minimum Gasteiger partial charge on any atom is -0.303 e. The minimum atomic E-state index is 0.215. The first-order valence-electron chi connectivity index (χ1n) is 13.3. The minimum absolute atomic E-state index is 0.215. The zero-order valence-corrected chi connectivity index (χ0v) is 22.2. The smallest absolute Gasteiger partial charge is 0.127 e. The summed E-state index contributed by atoms with van der Waals surface area (Å²) < 4.78 is 0. The van der Waals surface area contributed by atoms with Gasteiger partial charge in [-0.05, 0) is 85.9 Å². The molecule has 0 aromatic rings. The predicted molar refractivity (Wildman–Crippen MR) is 134 cm³/mol. The Morgan fingerprint density at radius 1 is 0.688 bits per heavy atom. The molecule has 2 heteroatoms. The summed E-state index contributed by atoms with van der Waals surface area (Å²) in [5, 5.41) is 0. The lowest BCUT2D eigenvalue weighted by Crippen LogP contribution is -2.23. The second-order valence-electron chi connectivity index (χ2n) is 13.0. The van der Waals surface area contributed by atoms with Gasteiger partial charge in [-0.3, -0.25) is 0 Å². The molecule has 180 valence electrons. The second kappa shape index (κ2) is 8.88. The van der Waals surface area contributed by atoms with Crippen molar-refractivity contribution in [2.45, 2.75) is 120 Å². The first-order valence-corrected chi connectivity index (χ1v) is 13.3. The molecule has 4 unspecified atom stereocenters. The highest BCUT2D eigenvalue weighted by molar-refractivity contribution is 5.63. The number of hydrogen-bond donors (Lipinski definition) is 0. The van der Waals surface area contributed by atoms with Crippen molar-refractivity contribution in [2.75, 3.05) is 0 Å². The number of allylic oxidation sites excluding steroid dienone is 4. The van der Waals surface area contributed by atoms with Gasteiger partial charge >= 0.3 is 0 Å². The maximum atomic E-state index is 11.3. The second-order valence-corrected chi connectivity index (χ2v) is 13.0. The first kappa shape index (κ1) is 25.4. The van der Waals surface area contributed by atoms with Crippen LogP contribution in [0.2, 0.25) is 0 Å². The van der Waals surface area contributed by atoms with Gasteiger partial charge in [-0.2, -0.15) is 0 Å². The van der Waals surface area contributed by atoms with E-state index in [9.17, 15) is 9.59 Å². The van der Waals surface area contributed by atoms with Gasteiger partial charge in [0.25, 0.3) is 0 Å². The van der Waals surface area contributed by atoms with E-state index < -0.39 is 0 Å².